The van der Waals surface area contributed by atoms with Crippen LogP contribution in [0.4, 0.5) is 0 Å². The molecule has 1 atom stereocenters. The van der Waals surface area contributed by atoms with Crippen molar-refractivity contribution < 1.29 is 4.79 Å². The van der Waals surface area contributed by atoms with Crippen molar-refractivity contribution in [2.75, 3.05) is 26.2 Å². The molecule has 22 heavy (non-hydrogen) atoms. The highest BCUT2D eigenvalue weighted by molar-refractivity contribution is 5.91. The molecular formula is C16H26N4O2. The molecule has 0 radical (unpaired) electrons. The Morgan fingerprint density at radius 2 is 2.09 bits per heavy atom. The molecule has 1 aromatic rings. The van der Waals surface area contributed by atoms with Crippen molar-refractivity contribution in [2.24, 2.45) is 5.92 Å². The van der Waals surface area contributed by atoms with E-state index in [2.05, 4.69) is 22.2 Å². The molecule has 122 valence electrons. The van der Waals surface area contributed by atoms with Crippen LogP contribution in [-0.2, 0) is 6.54 Å². The summed E-state index contributed by atoms with van der Waals surface area (Å²) in [6, 6.07) is 2.90. The van der Waals surface area contributed by atoms with Crippen LogP contribution in [-0.4, -0.2) is 46.8 Å². The first-order chi connectivity index (χ1) is 10.6. The summed E-state index contributed by atoms with van der Waals surface area (Å²) in [6.07, 6.45) is 3.37. The quantitative estimate of drug-likeness (QED) is 0.819. The summed E-state index contributed by atoms with van der Waals surface area (Å²) in [5.74, 6) is 0.196. The van der Waals surface area contributed by atoms with Crippen molar-refractivity contribution in [3.05, 3.63) is 28.2 Å². The highest BCUT2D eigenvalue weighted by atomic mass is 16.2. The van der Waals surface area contributed by atoms with Crippen LogP contribution in [0.25, 0.3) is 0 Å². The second kappa shape index (κ2) is 8.08. The number of carbonyl (C=O) groups is 1. The minimum atomic E-state index is -0.210. The highest BCUT2D eigenvalue weighted by Crippen LogP contribution is 2.09. The van der Waals surface area contributed by atoms with Gasteiger partial charge in [0.05, 0.1) is 0 Å². The van der Waals surface area contributed by atoms with Crippen LogP contribution in [0.15, 0.2) is 16.9 Å². The standard InChI is InChI=1S/C16H26N4O2/c1-3-8-20-15(21)7-6-14(18-20)16(22)17-11-13(2)12-19-9-4-5-10-19/h6-7,13H,3-5,8-12H2,1-2H3,(H,17,22). The van der Waals surface area contributed by atoms with Crippen molar-refractivity contribution in [3.63, 3.8) is 0 Å². The first kappa shape index (κ1) is 16.7. The maximum Gasteiger partial charge on any atom is 0.271 e. The van der Waals surface area contributed by atoms with Crippen LogP contribution in [0.1, 0.15) is 43.6 Å². The summed E-state index contributed by atoms with van der Waals surface area (Å²) in [6.45, 7) is 8.63. The minimum absolute atomic E-state index is 0.166. The Labute approximate surface area is 131 Å². The van der Waals surface area contributed by atoms with E-state index in [1.807, 2.05) is 6.92 Å². The fourth-order valence-corrected chi connectivity index (χ4v) is 2.77. The Kier molecular flexibility index (Phi) is 6.12. The fourth-order valence-electron chi connectivity index (χ4n) is 2.77. The van der Waals surface area contributed by atoms with Gasteiger partial charge >= 0.3 is 0 Å². The van der Waals surface area contributed by atoms with Gasteiger partial charge in [0.15, 0.2) is 0 Å². The van der Waals surface area contributed by atoms with E-state index in [0.717, 1.165) is 13.0 Å². The normalized spacial score (nSPS) is 16.6. The lowest BCUT2D eigenvalue weighted by Gasteiger charge is -2.20. The van der Waals surface area contributed by atoms with Crippen LogP contribution >= 0.6 is 0 Å². The third-order valence-electron chi connectivity index (χ3n) is 3.91. The molecule has 1 aliphatic rings. The molecule has 1 fully saturated rings. The second-order valence-electron chi connectivity index (χ2n) is 6.10. The van der Waals surface area contributed by atoms with Gasteiger partial charge in [0, 0.05) is 25.7 Å². The monoisotopic (exact) mass is 306 g/mol. The van der Waals surface area contributed by atoms with Gasteiger partial charge in [-0.15, -0.1) is 0 Å². The molecule has 0 bridgehead atoms. The van der Waals surface area contributed by atoms with Gasteiger partial charge in [0.2, 0.25) is 0 Å². The van der Waals surface area contributed by atoms with Gasteiger partial charge in [-0.2, -0.15) is 5.10 Å². The Morgan fingerprint density at radius 1 is 1.36 bits per heavy atom. The van der Waals surface area contributed by atoms with E-state index in [-0.39, 0.29) is 11.5 Å². The van der Waals surface area contributed by atoms with E-state index in [1.165, 1.54) is 42.7 Å². The first-order valence-corrected chi connectivity index (χ1v) is 8.19. The maximum atomic E-state index is 12.2. The lowest BCUT2D eigenvalue weighted by molar-refractivity contribution is 0.0937. The molecule has 1 unspecified atom stereocenters. The zero-order chi connectivity index (χ0) is 15.9. The zero-order valence-electron chi connectivity index (χ0n) is 13.5. The first-order valence-electron chi connectivity index (χ1n) is 8.19. The third kappa shape index (κ3) is 4.66. The zero-order valence-corrected chi connectivity index (χ0v) is 13.5. The topological polar surface area (TPSA) is 67.2 Å². The summed E-state index contributed by atoms with van der Waals surface area (Å²) >= 11 is 0. The molecule has 0 aromatic carbocycles. The molecule has 2 heterocycles. The predicted molar refractivity (Wildman–Crippen MR) is 86.0 cm³/mol. The third-order valence-corrected chi connectivity index (χ3v) is 3.91. The smallest absolute Gasteiger partial charge is 0.271 e. The summed E-state index contributed by atoms with van der Waals surface area (Å²) in [5, 5.41) is 7.04. The van der Waals surface area contributed by atoms with Crippen LogP contribution in [0, 0.1) is 5.92 Å². The molecule has 1 saturated heterocycles. The van der Waals surface area contributed by atoms with Crippen molar-refractivity contribution in [1.29, 1.82) is 0 Å². The van der Waals surface area contributed by atoms with Gasteiger partial charge in [-0.1, -0.05) is 13.8 Å². The van der Waals surface area contributed by atoms with Gasteiger partial charge in [-0.3, -0.25) is 9.59 Å². The van der Waals surface area contributed by atoms with Gasteiger partial charge in [0.25, 0.3) is 11.5 Å². The van der Waals surface area contributed by atoms with Crippen LogP contribution in [0.2, 0.25) is 0 Å². The van der Waals surface area contributed by atoms with Gasteiger partial charge < -0.3 is 10.2 Å². The van der Waals surface area contributed by atoms with Crippen LogP contribution in [0.3, 0.4) is 0 Å². The van der Waals surface area contributed by atoms with E-state index in [0.29, 0.717) is 24.7 Å². The molecule has 0 saturated carbocycles. The summed E-state index contributed by atoms with van der Waals surface area (Å²) < 4.78 is 1.35. The molecule has 1 amide bonds. The number of aryl methyl sites for hydroxylation is 1. The second-order valence-corrected chi connectivity index (χ2v) is 6.10. The number of amides is 1. The van der Waals surface area contributed by atoms with E-state index in [1.54, 1.807) is 0 Å². The average Bonchev–Trinajstić information content (AvgIpc) is 3.00. The molecule has 1 aromatic heterocycles. The maximum absolute atomic E-state index is 12.2. The average molecular weight is 306 g/mol. The lowest BCUT2D eigenvalue weighted by atomic mass is 10.1. The Bertz CT molecular complexity index is 549. The number of carbonyl (C=O) groups excluding carboxylic acids is 1. The number of hydrogen-bond acceptors (Lipinski definition) is 4. The summed E-state index contributed by atoms with van der Waals surface area (Å²) in [7, 11) is 0. The van der Waals surface area contributed by atoms with Crippen molar-refractivity contribution in [1.82, 2.24) is 20.0 Å². The van der Waals surface area contributed by atoms with Crippen molar-refractivity contribution in [2.45, 2.75) is 39.7 Å². The Hall–Kier alpha value is -1.69. The number of nitrogens with zero attached hydrogens (tertiary/aromatic N) is 3. The molecular weight excluding hydrogens is 280 g/mol. The SMILES string of the molecule is CCCn1nc(C(=O)NCC(C)CN2CCCC2)ccc1=O. The Balaban J connectivity index is 1.86. The summed E-state index contributed by atoms with van der Waals surface area (Å²) in [5.41, 5.74) is 0.141. The summed E-state index contributed by atoms with van der Waals surface area (Å²) in [4.78, 5) is 26.2. The van der Waals surface area contributed by atoms with Crippen molar-refractivity contribution in [3.8, 4) is 0 Å². The number of aromatic nitrogens is 2. The fraction of sp³-hybridized carbons (Fsp3) is 0.688. The number of likely N-dealkylation sites (tertiary alicyclic amines) is 1. The van der Waals surface area contributed by atoms with Crippen LogP contribution in [0.5, 0.6) is 0 Å². The number of nitrogens with one attached hydrogen (secondary N) is 1. The largest absolute Gasteiger partial charge is 0.350 e. The molecule has 0 aliphatic carbocycles. The minimum Gasteiger partial charge on any atom is -0.350 e. The van der Waals surface area contributed by atoms with E-state index in [4.69, 9.17) is 0 Å². The highest BCUT2D eigenvalue weighted by Gasteiger charge is 2.16. The molecule has 6 nitrogen and oxygen atoms in total. The molecule has 2 rings (SSSR count). The Morgan fingerprint density at radius 3 is 2.77 bits per heavy atom. The number of rotatable bonds is 7. The molecule has 1 aliphatic heterocycles. The van der Waals surface area contributed by atoms with E-state index in [9.17, 15) is 9.59 Å². The van der Waals surface area contributed by atoms with Gasteiger partial charge in [-0.25, -0.2) is 4.68 Å². The predicted octanol–water partition coefficient (Wildman–Crippen LogP) is 1.11. The lowest BCUT2D eigenvalue weighted by Crippen LogP contribution is -2.35. The molecule has 0 spiro atoms. The van der Waals surface area contributed by atoms with Crippen molar-refractivity contribution >= 4 is 5.91 Å². The van der Waals surface area contributed by atoms with Gasteiger partial charge in [-0.05, 0) is 44.3 Å². The van der Waals surface area contributed by atoms with E-state index >= 15 is 0 Å². The van der Waals surface area contributed by atoms with E-state index < -0.39 is 0 Å². The molecule has 1 N–H and O–H groups in total. The molecule has 6 heteroatoms. The number of hydrogen-bond donors (Lipinski definition) is 1. The van der Waals surface area contributed by atoms with Crippen LogP contribution < -0.4 is 10.9 Å². The van der Waals surface area contributed by atoms with Gasteiger partial charge in [0.1, 0.15) is 5.69 Å².